The van der Waals surface area contributed by atoms with Crippen molar-refractivity contribution in [2.45, 2.75) is 81.1 Å². The maximum Gasteiger partial charge on any atom is 0.108 e. The van der Waals surface area contributed by atoms with Crippen molar-refractivity contribution in [2.24, 2.45) is 22.7 Å². The van der Waals surface area contributed by atoms with E-state index in [1.54, 1.807) is 0 Å². The van der Waals surface area contributed by atoms with E-state index in [2.05, 4.69) is 55.4 Å². The molecule has 0 saturated heterocycles. The number of Topliss-reactive ketones (excluding diaryl/α,β-unsaturated/α-hetero) is 2. The third kappa shape index (κ3) is 13.5. The topological polar surface area (TPSA) is 34.1 Å². The first-order chi connectivity index (χ1) is 13.8. The molecule has 0 aromatic heterocycles. The summed E-state index contributed by atoms with van der Waals surface area (Å²) in [6, 6.07) is 15.3. The molecule has 2 atom stereocenters. The fourth-order valence-electron chi connectivity index (χ4n) is 4.22. The van der Waals surface area contributed by atoms with Crippen LogP contribution in [-0.4, -0.2) is 11.6 Å². The average molecular weight is 466 g/mol. The van der Waals surface area contributed by atoms with Crippen molar-refractivity contribution < 1.29 is 26.7 Å². The predicted octanol–water partition coefficient (Wildman–Crippen LogP) is 8.10. The number of hydrogen-bond acceptors (Lipinski definition) is 2. The fraction of sp³-hybridized carbons (Fsp3) is 0.571. The molecule has 0 aliphatic rings. The average Bonchev–Trinajstić information content (AvgIpc) is 3.26. The molecule has 0 saturated carbocycles. The molecule has 0 bridgehead atoms. The zero-order chi connectivity index (χ0) is 22.9. The van der Waals surface area contributed by atoms with Gasteiger partial charge >= 0.3 is 0 Å². The number of carbonyl (C=O) groups excluding carboxylic acids is 2. The van der Waals surface area contributed by atoms with Gasteiger partial charge in [-0.2, -0.15) is 12.1 Å². The van der Waals surface area contributed by atoms with Crippen molar-refractivity contribution in [3.63, 3.8) is 0 Å². The Morgan fingerprint density at radius 1 is 0.774 bits per heavy atom. The van der Waals surface area contributed by atoms with E-state index in [1.165, 1.54) is 0 Å². The standard InChI is InChI=1S/2C14H21O.Fe/c2*1-11(10-14(2,3)4)9-13(15)12-7-5-6-8-12;/h2*5-8,11H,9-10H2,1-4H3;/q-5;-1;. The first kappa shape index (κ1) is 29.6. The molecule has 2 rings (SSSR count). The summed E-state index contributed by atoms with van der Waals surface area (Å²) in [6.45, 7) is 17.6. The van der Waals surface area contributed by atoms with Gasteiger partial charge in [0.15, 0.2) is 0 Å². The van der Waals surface area contributed by atoms with Gasteiger partial charge in [0.25, 0.3) is 0 Å². The molecule has 2 aromatic rings. The Bertz CT molecular complexity index is 674. The molecule has 0 radical (unpaired) electrons. The molecule has 2 nitrogen and oxygen atoms in total. The molecule has 180 valence electrons. The first-order valence-corrected chi connectivity index (χ1v) is 11.3. The summed E-state index contributed by atoms with van der Waals surface area (Å²) in [5, 5.41) is 0. The summed E-state index contributed by atoms with van der Waals surface area (Å²) >= 11 is 0. The van der Waals surface area contributed by atoms with Crippen molar-refractivity contribution in [1.29, 1.82) is 0 Å². The molecular formula is C28H42FeO2-6. The Balaban J connectivity index is 0.000000562. The van der Waals surface area contributed by atoms with Crippen molar-refractivity contribution in [3.8, 4) is 0 Å². The van der Waals surface area contributed by atoms with Crippen LogP contribution in [0.1, 0.15) is 102 Å². The molecule has 3 heteroatoms. The minimum atomic E-state index is 0. The van der Waals surface area contributed by atoms with Crippen LogP contribution < -0.4 is 0 Å². The van der Waals surface area contributed by atoms with E-state index in [0.717, 1.165) is 24.0 Å². The number of rotatable bonds is 8. The minimum absolute atomic E-state index is 0. The minimum Gasteiger partial charge on any atom is -0.718 e. The SMILES string of the molecule is CC(CC(=O)[c-]1[cH-][cH-][cH-][cH-]1)CC(C)(C)C.CC(CC(=O)[c-]1cccc1)CC(C)(C)C.[Fe]. The van der Waals surface area contributed by atoms with Gasteiger partial charge in [-0.05, 0) is 29.6 Å². The summed E-state index contributed by atoms with van der Waals surface area (Å²) in [5.74, 6) is 1.48. The second-order valence-corrected chi connectivity index (χ2v) is 11.3. The van der Waals surface area contributed by atoms with Crippen LogP contribution in [0.5, 0.6) is 0 Å². The van der Waals surface area contributed by atoms with E-state index >= 15 is 0 Å². The van der Waals surface area contributed by atoms with Crippen LogP contribution in [-0.2, 0) is 17.1 Å². The summed E-state index contributed by atoms with van der Waals surface area (Å²) in [4.78, 5) is 23.6. The zero-order valence-electron chi connectivity index (χ0n) is 20.8. The summed E-state index contributed by atoms with van der Waals surface area (Å²) in [6.07, 6.45) is 3.53. The molecule has 31 heavy (non-hydrogen) atoms. The second-order valence-electron chi connectivity index (χ2n) is 11.3. The van der Waals surface area contributed by atoms with Gasteiger partial charge in [0.1, 0.15) is 5.78 Å². The van der Waals surface area contributed by atoms with Gasteiger partial charge in [-0.25, -0.2) is 12.1 Å². The van der Waals surface area contributed by atoms with Gasteiger partial charge in [0, 0.05) is 23.5 Å². The predicted molar refractivity (Wildman–Crippen MR) is 128 cm³/mol. The van der Waals surface area contributed by atoms with Crippen LogP contribution in [0.15, 0.2) is 48.5 Å². The number of carbonyl (C=O) groups is 2. The van der Waals surface area contributed by atoms with E-state index in [-0.39, 0.29) is 28.6 Å². The molecule has 0 spiro atoms. The maximum absolute atomic E-state index is 11.8. The van der Waals surface area contributed by atoms with Gasteiger partial charge in [-0.3, -0.25) is 5.78 Å². The maximum atomic E-state index is 11.8. The quantitative estimate of drug-likeness (QED) is 0.224. The van der Waals surface area contributed by atoms with Gasteiger partial charge in [0.2, 0.25) is 0 Å². The molecular weight excluding hydrogens is 424 g/mol. The van der Waals surface area contributed by atoms with E-state index in [1.807, 2.05) is 48.5 Å². The Labute approximate surface area is 201 Å². The third-order valence-corrected chi connectivity index (χ3v) is 4.96. The first-order valence-electron chi connectivity index (χ1n) is 11.3. The van der Waals surface area contributed by atoms with Gasteiger partial charge in [-0.15, -0.1) is 6.42 Å². The Hall–Kier alpha value is -1.44. The van der Waals surface area contributed by atoms with Gasteiger partial charge in [-0.1, -0.05) is 66.9 Å². The van der Waals surface area contributed by atoms with Gasteiger partial charge < -0.3 is 39.4 Å². The van der Waals surface area contributed by atoms with Crippen molar-refractivity contribution >= 4 is 11.6 Å². The number of hydrogen-bond donors (Lipinski definition) is 0. The Kier molecular flexibility index (Phi) is 12.6. The normalized spacial score (nSPS) is 13.4. The van der Waals surface area contributed by atoms with Crippen LogP contribution >= 0.6 is 0 Å². The van der Waals surface area contributed by atoms with E-state index in [9.17, 15) is 9.59 Å². The summed E-state index contributed by atoms with van der Waals surface area (Å²) < 4.78 is 0. The molecule has 0 aliphatic carbocycles. The van der Waals surface area contributed by atoms with E-state index < -0.39 is 0 Å². The molecule has 0 aliphatic heterocycles. The van der Waals surface area contributed by atoms with Crippen LogP contribution in [0.2, 0.25) is 0 Å². The second kappa shape index (κ2) is 13.2. The molecule has 0 amide bonds. The molecule has 0 N–H and O–H groups in total. The fourth-order valence-corrected chi connectivity index (χ4v) is 4.22. The molecule has 0 fully saturated rings. The van der Waals surface area contributed by atoms with Gasteiger partial charge in [0.05, 0.1) is 0 Å². The van der Waals surface area contributed by atoms with Crippen LogP contribution in [0, 0.1) is 22.7 Å². The number of ketones is 2. The van der Waals surface area contributed by atoms with Crippen molar-refractivity contribution in [2.75, 3.05) is 0 Å². The summed E-state index contributed by atoms with van der Waals surface area (Å²) in [7, 11) is 0. The van der Waals surface area contributed by atoms with E-state index in [4.69, 9.17) is 0 Å². The monoisotopic (exact) mass is 466 g/mol. The molecule has 2 unspecified atom stereocenters. The van der Waals surface area contributed by atoms with E-state index in [0.29, 0.717) is 35.5 Å². The molecule has 2 aromatic carbocycles. The Morgan fingerprint density at radius 2 is 1.16 bits per heavy atom. The zero-order valence-corrected chi connectivity index (χ0v) is 21.9. The van der Waals surface area contributed by atoms with Crippen LogP contribution in [0.3, 0.4) is 0 Å². The Morgan fingerprint density at radius 3 is 1.55 bits per heavy atom. The summed E-state index contributed by atoms with van der Waals surface area (Å²) in [5.41, 5.74) is 2.34. The largest absolute Gasteiger partial charge is 0.718 e. The smallest absolute Gasteiger partial charge is 0.108 e. The van der Waals surface area contributed by atoms with Crippen LogP contribution in [0.25, 0.3) is 0 Å². The molecule has 0 heterocycles. The van der Waals surface area contributed by atoms with Crippen LogP contribution in [0.4, 0.5) is 0 Å². The van der Waals surface area contributed by atoms with Crippen molar-refractivity contribution in [3.05, 3.63) is 59.7 Å². The van der Waals surface area contributed by atoms with Crippen molar-refractivity contribution in [1.82, 2.24) is 0 Å². The third-order valence-electron chi connectivity index (χ3n) is 4.96.